The first-order valence-electron chi connectivity index (χ1n) is 5.56. The lowest BCUT2D eigenvalue weighted by molar-refractivity contribution is 0.187. The highest BCUT2D eigenvalue weighted by Crippen LogP contribution is 2.21. The molecule has 2 nitrogen and oxygen atoms in total. The Morgan fingerprint density at radius 1 is 1.07 bits per heavy atom. The number of rotatable bonds is 6. The normalized spacial score (nSPS) is 13.7. The first kappa shape index (κ1) is 14.4. The van der Waals surface area contributed by atoms with E-state index in [0.29, 0.717) is 0 Å². The Morgan fingerprint density at radius 2 is 1.57 bits per heavy atom. The Kier molecular flexibility index (Phi) is 5.58. The van der Waals surface area contributed by atoms with Crippen LogP contribution in [0.1, 0.15) is 27.2 Å². The molecule has 86 valence electrons. The van der Waals surface area contributed by atoms with Crippen molar-refractivity contribution in [3.8, 4) is 0 Å². The van der Waals surface area contributed by atoms with Crippen molar-refractivity contribution in [1.29, 1.82) is 0 Å². The molecule has 0 aliphatic heterocycles. The predicted octanol–water partition coefficient (Wildman–Crippen LogP) is 3.74. The van der Waals surface area contributed by atoms with E-state index in [1.165, 1.54) is 12.5 Å². The molecule has 0 bridgehead atoms. The van der Waals surface area contributed by atoms with Crippen molar-refractivity contribution in [3.63, 3.8) is 0 Å². The highest BCUT2D eigenvalue weighted by atomic mass is 28.4. The zero-order valence-electron chi connectivity index (χ0n) is 10.8. The maximum atomic E-state index is 6.23. The molecular weight excluding hydrogens is 208 g/mol. The van der Waals surface area contributed by atoms with Crippen LogP contribution in [0.3, 0.4) is 0 Å². The number of hydrogen-bond donors (Lipinski definition) is 0. The van der Waals surface area contributed by atoms with E-state index >= 15 is 0 Å². The highest BCUT2D eigenvalue weighted by Gasteiger charge is 2.34. The average Bonchev–Trinajstić information content (AvgIpc) is 1.78. The third-order valence-electron chi connectivity index (χ3n) is 1.89. The van der Waals surface area contributed by atoms with Crippen LogP contribution in [0.25, 0.3) is 0 Å². The molecule has 0 fully saturated rings. The Hall–Kier alpha value is 0.354. The van der Waals surface area contributed by atoms with Gasteiger partial charge in [0.2, 0.25) is 0 Å². The first-order valence-corrected chi connectivity index (χ1v) is 11.5. The van der Waals surface area contributed by atoms with E-state index < -0.39 is 16.9 Å². The fraction of sp³-hybridized carbons (Fsp3) is 1.00. The van der Waals surface area contributed by atoms with Crippen molar-refractivity contribution in [3.05, 3.63) is 0 Å². The van der Waals surface area contributed by atoms with Crippen LogP contribution in [0, 0.1) is 0 Å². The van der Waals surface area contributed by atoms with Crippen molar-refractivity contribution in [1.82, 2.24) is 0 Å². The fourth-order valence-electron chi connectivity index (χ4n) is 1.91. The van der Waals surface area contributed by atoms with Gasteiger partial charge in [0.15, 0.2) is 8.32 Å². The molecule has 0 aliphatic rings. The molecule has 0 spiro atoms. The second-order valence-electron chi connectivity index (χ2n) is 5.18. The summed E-state index contributed by atoms with van der Waals surface area (Å²) in [4.78, 5) is 0. The van der Waals surface area contributed by atoms with Gasteiger partial charge in [0.1, 0.15) is 0 Å². The molecule has 14 heavy (non-hydrogen) atoms. The second-order valence-corrected chi connectivity index (χ2v) is 13.0. The SMILES string of the molecule is CCC[Si](C)(C)O[Si](C)(C)OC(C)C. The Bertz CT molecular complexity index is 168. The maximum absolute atomic E-state index is 6.23. The smallest absolute Gasteiger partial charge is 0.321 e. The third-order valence-corrected chi connectivity index (χ3v) is 8.81. The number of hydrogen-bond acceptors (Lipinski definition) is 2. The molecule has 0 atom stereocenters. The van der Waals surface area contributed by atoms with Crippen LogP contribution in [-0.2, 0) is 8.54 Å². The second kappa shape index (κ2) is 5.44. The maximum Gasteiger partial charge on any atom is 0.321 e. The van der Waals surface area contributed by atoms with Gasteiger partial charge in [-0.3, -0.25) is 0 Å². The van der Waals surface area contributed by atoms with Gasteiger partial charge in [0.25, 0.3) is 0 Å². The molecule has 0 radical (unpaired) electrons. The van der Waals surface area contributed by atoms with Gasteiger partial charge in [0.05, 0.1) is 0 Å². The fourth-order valence-corrected chi connectivity index (χ4v) is 10.2. The largest absolute Gasteiger partial charge is 0.436 e. The predicted molar refractivity (Wildman–Crippen MR) is 67.4 cm³/mol. The molecule has 0 saturated heterocycles. The van der Waals surface area contributed by atoms with Gasteiger partial charge in [0, 0.05) is 6.10 Å². The standard InChI is InChI=1S/C10H26O2Si2/c1-8-9-13(4,5)12-14(6,7)11-10(2)3/h10H,8-9H2,1-7H3. The van der Waals surface area contributed by atoms with Crippen LogP contribution in [0.5, 0.6) is 0 Å². The van der Waals surface area contributed by atoms with Gasteiger partial charge in [-0.2, -0.15) is 0 Å². The van der Waals surface area contributed by atoms with Crippen LogP contribution in [0.4, 0.5) is 0 Å². The average molecular weight is 234 g/mol. The van der Waals surface area contributed by atoms with Crippen molar-refractivity contribution in [2.24, 2.45) is 0 Å². The van der Waals surface area contributed by atoms with Crippen LogP contribution >= 0.6 is 0 Å². The minimum Gasteiger partial charge on any atom is -0.436 e. The first-order chi connectivity index (χ1) is 6.18. The zero-order chi connectivity index (χ0) is 11.4. The minimum atomic E-state index is -1.88. The van der Waals surface area contributed by atoms with E-state index in [9.17, 15) is 0 Å². The summed E-state index contributed by atoms with van der Waals surface area (Å²) in [5.74, 6) is 0. The summed E-state index contributed by atoms with van der Waals surface area (Å²) < 4.78 is 12.1. The molecule has 0 unspecified atom stereocenters. The van der Waals surface area contributed by atoms with Crippen molar-refractivity contribution < 1.29 is 8.54 Å². The molecule has 0 rings (SSSR count). The summed E-state index contributed by atoms with van der Waals surface area (Å²) in [7, 11) is -3.35. The Balaban J connectivity index is 4.19. The molecule has 0 aromatic carbocycles. The Labute approximate surface area is 91.4 Å². The summed E-state index contributed by atoms with van der Waals surface area (Å²) in [6.07, 6.45) is 1.49. The van der Waals surface area contributed by atoms with Crippen molar-refractivity contribution in [2.45, 2.75) is 65.5 Å². The summed E-state index contributed by atoms with van der Waals surface area (Å²) in [5.41, 5.74) is 0. The van der Waals surface area contributed by atoms with Gasteiger partial charge in [-0.15, -0.1) is 0 Å². The molecular formula is C10H26O2Si2. The summed E-state index contributed by atoms with van der Waals surface area (Å²) in [5, 5.41) is 0. The monoisotopic (exact) mass is 234 g/mol. The van der Waals surface area contributed by atoms with E-state index in [0.717, 1.165) is 0 Å². The van der Waals surface area contributed by atoms with Gasteiger partial charge < -0.3 is 8.54 Å². The van der Waals surface area contributed by atoms with E-state index in [2.05, 4.69) is 47.0 Å². The van der Waals surface area contributed by atoms with Crippen molar-refractivity contribution >= 4 is 16.9 Å². The molecule has 0 N–H and O–H groups in total. The Morgan fingerprint density at radius 3 is 1.93 bits per heavy atom. The minimum absolute atomic E-state index is 0.281. The molecule has 0 heterocycles. The molecule has 0 amide bonds. The van der Waals surface area contributed by atoms with E-state index in [1.807, 2.05) is 0 Å². The third kappa shape index (κ3) is 6.76. The van der Waals surface area contributed by atoms with Gasteiger partial charge in [-0.05, 0) is 46.1 Å². The summed E-state index contributed by atoms with van der Waals surface area (Å²) in [6, 6.07) is 1.23. The molecule has 0 aliphatic carbocycles. The molecule has 0 saturated carbocycles. The van der Waals surface area contributed by atoms with Crippen LogP contribution in [-0.4, -0.2) is 23.0 Å². The lowest BCUT2D eigenvalue weighted by atomic mass is 10.5. The van der Waals surface area contributed by atoms with E-state index in [4.69, 9.17) is 8.54 Å². The van der Waals surface area contributed by atoms with Crippen LogP contribution < -0.4 is 0 Å². The molecule has 0 aromatic heterocycles. The molecule has 4 heteroatoms. The van der Waals surface area contributed by atoms with Gasteiger partial charge in [-0.1, -0.05) is 13.3 Å². The van der Waals surface area contributed by atoms with Gasteiger partial charge >= 0.3 is 8.56 Å². The van der Waals surface area contributed by atoms with Gasteiger partial charge in [-0.25, -0.2) is 0 Å². The lowest BCUT2D eigenvalue weighted by Crippen LogP contribution is -2.47. The lowest BCUT2D eigenvalue weighted by Gasteiger charge is -2.34. The molecule has 0 aromatic rings. The van der Waals surface area contributed by atoms with E-state index in [1.54, 1.807) is 0 Å². The van der Waals surface area contributed by atoms with Crippen molar-refractivity contribution in [2.75, 3.05) is 0 Å². The highest BCUT2D eigenvalue weighted by molar-refractivity contribution is 6.82. The van der Waals surface area contributed by atoms with Crippen LogP contribution in [0.15, 0.2) is 0 Å². The van der Waals surface area contributed by atoms with Crippen LogP contribution in [0.2, 0.25) is 32.2 Å². The van der Waals surface area contributed by atoms with E-state index in [-0.39, 0.29) is 6.10 Å². The zero-order valence-corrected chi connectivity index (χ0v) is 12.8. The summed E-state index contributed by atoms with van der Waals surface area (Å²) >= 11 is 0. The topological polar surface area (TPSA) is 18.5 Å². The summed E-state index contributed by atoms with van der Waals surface area (Å²) in [6.45, 7) is 15.2. The quantitative estimate of drug-likeness (QED) is 0.652.